The predicted octanol–water partition coefficient (Wildman–Crippen LogP) is 2.14. The van der Waals surface area contributed by atoms with Crippen molar-refractivity contribution in [1.29, 1.82) is 0 Å². The molecule has 1 aromatic carbocycles. The van der Waals surface area contributed by atoms with Crippen LogP contribution in [0.2, 0.25) is 0 Å². The maximum absolute atomic E-state index is 12.1. The molecule has 0 aliphatic carbocycles. The van der Waals surface area contributed by atoms with E-state index >= 15 is 0 Å². The normalized spacial score (nSPS) is 17.5. The molecule has 2 aromatic heterocycles. The van der Waals surface area contributed by atoms with Gasteiger partial charge in [0.2, 0.25) is 0 Å². The van der Waals surface area contributed by atoms with E-state index in [1.165, 1.54) is 0 Å². The number of carbonyl (C=O) groups is 1. The van der Waals surface area contributed by atoms with Gasteiger partial charge in [-0.2, -0.15) is 5.10 Å². The standard InChI is InChI=1S/C21H25N5O2/c27-20(16-28-19-7-2-1-3-8-19)23-12-17-6-4-10-25(14-17)15-18-13-24-26-11-5-9-22-21(18)26/h1-3,5,7-9,11,13,17H,4,6,10,12,14-16H2,(H,23,27). The fourth-order valence-electron chi connectivity index (χ4n) is 3.67. The second-order valence-electron chi connectivity index (χ2n) is 7.21. The number of amides is 1. The first-order valence-electron chi connectivity index (χ1n) is 9.72. The monoisotopic (exact) mass is 379 g/mol. The first-order chi connectivity index (χ1) is 13.8. The summed E-state index contributed by atoms with van der Waals surface area (Å²) in [6.45, 7) is 3.59. The second-order valence-corrected chi connectivity index (χ2v) is 7.21. The Morgan fingerprint density at radius 2 is 2.14 bits per heavy atom. The highest BCUT2D eigenvalue weighted by Gasteiger charge is 2.21. The van der Waals surface area contributed by atoms with Crippen LogP contribution in [0.1, 0.15) is 18.4 Å². The van der Waals surface area contributed by atoms with Crippen LogP contribution in [0.5, 0.6) is 5.75 Å². The third-order valence-electron chi connectivity index (χ3n) is 5.05. The first-order valence-corrected chi connectivity index (χ1v) is 9.72. The molecule has 0 bridgehead atoms. The van der Waals surface area contributed by atoms with Gasteiger partial charge in [0, 0.05) is 37.6 Å². The third kappa shape index (κ3) is 4.67. The zero-order valence-electron chi connectivity index (χ0n) is 15.8. The van der Waals surface area contributed by atoms with Crippen molar-refractivity contribution in [2.45, 2.75) is 19.4 Å². The molecular weight excluding hydrogens is 354 g/mol. The van der Waals surface area contributed by atoms with Gasteiger partial charge in [0.15, 0.2) is 12.3 Å². The minimum Gasteiger partial charge on any atom is -0.484 e. The number of rotatable bonds is 7. The van der Waals surface area contributed by atoms with Crippen LogP contribution in [0, 0.1) is 5.92 Å². The van der Waals surface area contributed by atoms with Gasteiger partial charge in [-0.3, -0.25) is 9.69 Å². The van der Waals surface area contributed by atoms with Crippen LogP contribution < -0.4 is 10.1 Å². The van der Waals surface area contributed by atoms with E-state index in [0.29, 0.717) is 18.2 Å². The van der Waals surface area contributed by atoms with E-state index in [1.54, 1.807) is 6.20 Å². The minimum atomic E-state index is -0.0761. The zero-order chi connectivity index (χ0) is 19.2. The number of para-hydroxylation sites is 1. The molecule has 1 fully saturated rings. The second kappa shape index (κ2) is 8.84. The van der Waals surface area contributed by atoms with Gasteiger partial charge in [0.05, 0.1) is 6.20 Å². The van der Waals surface area contributed by atoms with E-state index in [2.05, 4.69) is 20.3 Å². The number of piperidine rings is 1. The summed E-state index contributed by atoms with van der Waals surface area (Å²) in [7, 11) is 0. The number of likely N-dealkylation sites (tertiary alicyclic amines) is 1. The summed E-state index contributed by atoms with van der Waals surface area (Å²) >= 11 is 0. The van der Waals surface area contributed by atoms with Gasteiger partial charge in [0.25, 0.3) is 5.91 Å². The summed E-state index contributed by atoms with van der Waals surface area (Å²) in [5.74, 6) is 1.08. The van der Waals surface area contributed by atoms with E-state index in [1.807, 2.05) is 53.3 Å². The molecule has 4 rings (SSSR count). The largest absolute Gasteiger partial charge is 0.484 e. The van der Waals surface area contributed by atoms with Crippen LogP contribution in [0.15, 0.2) is 55.0 Å². The number of nitrogens with zero attached hydrogens (tertiary/aromatic N) is 4. The van der Waals surface area contributed by atoms with E-state index in [0.717, 1.165) is 43.7 Å². The van der Waals surface area contributed by atoms with Crippen molar-refractivity contribution in [1.82, 2.24) is 24.8 Å². The molecule has 0 radical (unpaired) electrons. The van der Waals surface area contributed by atoms with Crippen molar-refractivity contribution in [2.24, 2.45) is 5.92 Å². The molecule has 7 nitrogen and oxygen atoms in total. The maximum Gasteiger partial charge on any atom is 0.257 e. The number of hydrogen-bond acceptors (Lipinski definition) is 5. The molecule has 1 unspecified atom stereocenters. The van der Waals surface area contributed by atoms with Crippen LogP contribution in [-0.2, 0) is 11.3 Å². The summed E-state index contributed by atoms with van der Waals surface area (Å²) < 4.78 is 7.31. The Kier molecular flexibility index (Phi) is 5.82. The average molecular weight is 379 g/mol. The summed E-state index contributed by atoms with van der Waals surface area (Å²) in [5, 5.41) is 7.38. The minimum absolute atomic E-state index is 0.0501. The van der Waals surface area contributed by atoms with Gasteiger partial charge < -0.3 is 10.1 Å². The van der Waals surface area contributed by atoms with Gasteiger partial charge >= 0.3 is 0 Å². The number of carbonyl (C=O) groups excluding carboxylic acids is 1. The third-order valence-corrected chi connectivity index (χ3v) is 5.05. The maximum atomic E-state index is 12.1. The lowest BCUT2D eigenvalue weighted by atomic mass is 9.97. The predicted molar refractivity (Wildman–Crippen MR) is 106 cm³/mol. The number of nitrogens with one attached hydrogen (secondary N) is 1. The number of fused-ring (bicyclic) bond motifs is 1. The van der Waals surface area contributed by atoms with Gasteiger partial charge in [-0.25, -0.2) is 9.50 Å². The molecule has 0 spiro atoms. The Morgan fingerprint density at radius 3 is 3.04 bits per heavy atom. The Balaban J connectivity index is 1.24. The number of aromatic nitrogens is 3. The fraction of sp³-hybridized carbons (Fsp3) is 0.381. The van der Waals surface area contributed by atoms with Crippen molar-refractivity contribution in [2.75, 3.05) is 26.2 Å². The summed E-state index contributed by atoms with van der Waals surface area (Å²) in [5.41, 5.74) is 2.05. The molecule has 3 heterocycles. The Morgan fingerprint density at radius 1 is 1.25 bits per heavy atom. The lowest BCUT2D eigenvalue weighted by molar-refractivity contribution is -0.123. The van der Waals surface area contributed by atoms with E-state index < -0.39 is 0 Å². The summed E-state index contributed by atoms with van der Waals surface area (Å²) in [4.78, 5) is 18.9. The lowest BCUT2D eigenvalue weighted by Gasteiger charge is -2.32. The van der Waals surface area contributed by atoms with Crippen molar-refractivity contribution in [3.63, 3.8) is 0 Å². The number of ether oxygens (including phenoxy) is 1. The molecular formula is C21H25N5O2. The molecule has 0 saturated carbocycles. The Hall–Kier alpha value is -2.93. The van der Waals surface area contributed by atoms with Crippen LogP contribution in [0.3, 0.4) is 0 Å². The van der Waals surface area contributed by atoms with Crippen molar-refractivity contribution in [3.05, 3.63) is 60.6 Å². The summed E-state index contributed by atoms with van der Waals surface area (Å²) in [6.07, 6.45) is 7.87. The smallest absolute Gasteiger partial charge is 0.257 e. The fourth-order valence-corrected chi connectivity index (χ4v) is 3.67. The highest BCUT2D eigenvalue weighted by Crippen LogP contribution is 2.19. The molecule has 1 aliphatic rings. The molecule has 1 N–H and O–H groups in total. The van der Waals surface area contributed by atoms with E-state index in [-0.39, 0.29) is 12.5 Å². The van der Waals surface area contributed by atoms with Crippen LogP contribution in [0.25, 0.3) is 5.65 Å². The molecule has 1 aliphatic heterocycles. The van der Waals surface area contributed by atoms with Gasteiger partial charge in [-0.1, -0.05) is 18.2 Å². The van der Waals surface area contributed by atoms with Crippen LogP contribution in [-0.4, -0.2) is 51.6 Å². The highest BCUT2D eigenvalue weighted by molar-refractivity contribution is 5.77. The van der Waals surface area contributed by atoms with Crippen molar-refractivity contribution in [3.8, 4) is 5.75 Å². The SMILES string of the molecule is O=C(COc1ccccc1)NCC1CCCN(Cc2cnn3cccnc23)C1. The van der Waals surface area contributed by atoms with Crippen LogP contribution >= 0.6 is 0 Å². The van der Waals surface area contributed by atoms with Gasteiger partial charge in [-0.05, 0) is 43.5 Å². The molecule has 146 valence electrons. The Bertz CT molecular complexity index is 911. The Labute approximate surface area is 164 Å². The van der Waals surface area contributed by atoms with Gasteiger partial charge in [0.1, 0.15) is 5.75 Å². The zero-order valence-corrected chi connectivity index (χ0v) is 15.8. The lowest BCUT2D eigenvalue weighted by Crippen LogP contribution is -2.41. The molecule has 1 atom stereocenters. The molecule has 3 aromatic rings. The molecule has 1 amide bonds. The van der Waals surface area contributed by atoms with E-state index in [9.17, 15) is 4.79 Å². The molecule has 28 heavy (non-hydrogen) atoms. The quantitative estimate of drug-likeness (QED) is 0.681. The van der Waals surface area contributed by atoms with Crippen molar-refractivity contribution >= 4 is 11.6 Å². The number of hydrogen-bond donors (Lipinski definition) is 1. The van der Waals surface area contributed by atoms with Gasteiger partial charge in [-0.15, -0.1) is 0 Å². The van der Waals surface area contributed by atoms with Crippen molar-refractivity contribution < 1.29 is 9.53 Å². The highest BCUT2D eigenvalue weighted by atomic mass is 16.5. The summed E-state index contributed by atoms with van der Waals surface area (Å²) in [6, 6.07) is 11.3. The van der Waals surface area contributed by atoms with E-state index in [4.69, 9.17) is 4.74 Å². The molecule has 7 heteroatoms. The topological polar surface area (TPSA) is 71.8 Å². The van der Waals surface area contributed by atoms with Crippen LogP contribution in [0.4, 0.5) is 0 Å². The molecule has 1 saturated heterocycles. The first kappa shape index (κ1) is 18.4. The average Bonchev–Trinajstić information content (AvgIpc) is 3.15. The number of benzene rings is 1.